The first-order chi connectivity index (χ1) is 6.17. The fraction of sp³-hybridized carbons (Fsp3) is 0.400. The number of benzene rings is 1. The highest BCUT2D eigenvalue weighted by molar-refractivity contribution is 6.30. The van der Waals surface area contributed by atoms with Gasteiger partial charge in [0, 0.05) is 5.02 Å². The molecular weight excluding hydrogens is 186 g/mol. The zero-order valence-electron chi connectivity index (χ0n) is 7.88. The molecule has 3 heteroatoms. The van der Waals surface area contributed by atoms with E-state index in [2.05, 4.69) is 6.92 Å². The van der Waals surface area contributed by atoms with Crippen molar-refractivity contribution in [3.8, 4) is 5.75 Å². The summed E-state index contributed by atoms with van der Waals surface area (Å²) in [6, 6.07) is 5.67. The van der Waals surface area contributed by atoms with E-state index in [0.717, 1.165) is 11.3 Å². The Balaban J connectivity index is 3.01. The van der Waals surface area contributed by atoms with Crippen LogP contribution in [0.3, 0.4) is 0 Å². The fourth-order valence-corrected chi connectivity index (χ4v) is 1.36. The lowest BCUT2D eigenvalue weighted by atomic mass is 10.0. The first-order valence-electron chi connectivity index (χ1n) is 4.22. The van der Waals surface area contributed by atoms with Crippen LogP contribution in [0, 0.1) is 0 Å². The number of rotatable bonds is 3. The molecule has 2 nitrogen and oxygen atoms in total. The third-order valence-corrected chi connectivity index (χ3v) is 2.27. The molecule has 0 bridgehead atoms. The third kappa shape index (κ3) is 2.61. The quantitative estimate of drug-likeness (QED) is 0.812. The molecule has 0 aliphatic rings. The monoisotopic (exact) mass is 199 g/mol. The number of methoxy groups -OCH3 is 1. The Morgan fingerprint density at radius 3 is 2.69 bits per heavy atom. The minimum Gasteiger partial charge on any atom is -0.497 e. The van der Waals surface area contributed by atoms with Crippen molar-refractivity contribution in [2.45, 2.75) is 12.8 Å². The first-order valence-corrected chi connectivity index (χ1v) is 4.59. The second kappa shape index (κ2) is 4.49. The second-order valence-electron chi connectivity index (χ2n) is 3.06. The summed E-state index contributed by atoms with van der Waals surface area (Å²) < 4.78 is 5.11. The molecule has 0 saturated heterocycles. The van der Waals surface area contributed by atoms with Crippen molar-refractivity contribution >= 4 is 11.6 Å². The number of ether oxygens (including phenoxy) is 1. The molecule has 2 N–H and O–H groups in total. The highest BCUT2D eigenvalue weighted by Crippen LogP contribution is 2.25. The summed E-state index contributed by atoms with van der Waals surface area (Å²) >= 11 is 5.91. The van der Waals surface area contributed by atoms with Crippen molar-refractivity contribution in [1.29, 1.82) is 0 Å². The van der Waals surface area contributed by atoms with Gasteiger partial charge in [0.05, 0.1) is 7.11 Å². The van der Waals surface area contributed by atoms with Crippen LogP contribution in [-0.2, 0) is 0 Å². The predicted molar refractivity (Wildman–Crippen MR) is 55.5 cm³/mol. The molecule has 0 aliphatic carbocycles. The average molecular weight is 200 g/mol. The Morgan fingerprint density at radius 2 is 2.15 bits per heavy atom. The summed E-state index contributed by atoms with van der Waals surface area (Å²) in [5.74, 6) is 1.09. The summed E-state index contributed by atoms with van der Waals surface area (Å²) in [4.78, 5) is 0. The molecule has 13 heavy (non-hydrogen) atoms. The number of hydrogen-bond acceptors (Lipinski definition) is 2. The standard InChI is InChI=1S/C10H14ClNO/c1-7(6-12)8-3-9(11)5-10(4-8)13-2/h3-5,7H,6,12H2,1-2H3. The van der Waals surface area contributed by atoms with Gasteiger partial charge in [-0.3, -0.25) is 0 Å². The second-order valence-corrected chi connectivity index (χ2v) is 3.50. The van der Waals surface area contributed by atoms with Gasteiger partial charge < -0.3 is 10.5 Å². The normalized spacial score (nSPS) is 12.6. The maximum Gasteiger partial charge on any atom is 0.120 e. The van der Waals surface area contributed by atoms with Crippen molar-refractivity contribution in [2.75, 3.05) is 13.7 Å². The summed E-state index contributed by atoms with van der Waals surface area (Å²) in [6.45, 7) is 2.68. The number of nitrogens with two attached hydrogens (primary N) is 1. The van der Waals surface area contributed by atoms with Gasteiger partial charge in [0.1, 0.15) is 5.75 Å². The van der Waals surface area contributed by atoms with Crippen LogP contribution in [0.5, 0.6) is 5.75 Å². The lowest BCUT2D eigenvalue weighted by molar-refractivity contribution is 0.414. The zero-order chi connectivity index (χ0) is 9.84. The molecule has 0 amide bonds. The van der Waals surface area contributed by atoms with Gasteiger partial charge in [0.2, 0.25) is 0 Å². The van der Waals surface area contributed by atoms with Gasteiger partial charge in [0.25, 0.3) is 0 Å². The number of hydrogen-bond donors (Lipinski definition) is 1. The van der Waals surface area contributed by atoms with Gasteiger partial charge in [-0.1, -0.05) is 18.5 Å². The average Bonchev–Trinajstić information content (AvgIpc) is 2.15. The van der Waals surface area contributed by atoms with Crippen LogP contribution < -0.4 is 10.5 Å². The van der Waals surface area contributed by atoms with Crippen molar-refractivity contribution in [3.05, 3.63) is 28.8 Å². The van der Waals surface area contributed by atoms with E-state index in [0.29, 0.717) is 17.5 Å². The van der Waals surface area contributed by atoms with Crippen LogP contribution in [0.1, 0.15) is 18.4 Å². The van der Waals surface area contributed by atoms with E-state index in [1.807, 2.05) is 12.1 Å². The molecule has 1 unspecified atom stereocenters. The molecule has 1 rings (SSSR count). The van der Waals surface area contributed by atoms with Crippen LogP contribution in [0.25, 0.3) is 0 Å². The summed E-state index contributed by atoms with van der Waals surface area (Å²) in [7, 11) is 1.63. The van der Waals surface area contributed by atoms with Crippen molar-refractivity contribution in [1.82, 2.24) is 0 Å². The molecule has 0 aromatic heterocycles. The molecule has 0 heterocycles. The lowest BCUT2D eigenvalue weighted by Gasteiger charge is -2.10. The smallest absolute Gasteiger partial charge is 0.120 e. The third-order valence-electron chi connectivity index (χ3n) is 2.05. The van der Waals surface area contributed by atoms with Gasteiger partial charge in [0.15, 0.2) is 0 Å². The maximum atomic E-state index is 5.91. The summed E-state index contributed by atoms with van der Waals surface area (Å²) in [6.07, 6.45) is 0. The van der Waals surface area contributed by atoms with Gasteiger partial charge in [-0.15, -0.1) is 0 Å². The van der Waals surface area contributed by atoms with Gasteiger partial charge in [-0.2, -0.15) is 0 Å². The summed E-state index contributed by atoms with van der Waals surface area (Å²) in [5, 5.41) is 0.689. The van der Waals surface area contributed by atoms with E-state index in [9.17, 15) is 0 Å². The van der Waals surface area contributed by atoms with Gasteiger partial charge in [-0.05, 0) is 36.2 Å². The van der Waals surface area contributed by atoms with Crippen molar-refractivity contribution in [2.24, 2.45) is 5.73 Å². The molecule has 72 valence electrons. The molecule has 1 aromatic rings. The Kier molecular flexibility index (Phi) is 3.58. The van der Waals surface area contributed by atoms with Crippen molar-refractivity contribution < 1.29 is 4.74 Å². The van der Waals surface area contributed by atoms with Crippen LogP contribution in [0.4, 0.5) is 0 Å². The molecule has 0 saturated carbocycles. The fourth-order valence-electron chi connectivity index (χ4n) is 1.12. The molecule has 0 fully saturated rings. The molecule has 1 aromatic carbocycles. The highest BCUT2D eigenvalue weighted by atomic mass is 35.5. The summed E-state index contributed by atoms with van der Waals surface area (Å²) in [5.41, 5.74) is 6.68. The van der Waals surface area contributed by atoms with E-state index < -0.39 is 0 Å². The minimum atomic E-state index is 0.313. The molecule has 0 aliphatic heterocycles. The van der Waals surface area contributed by atoms with Crippen LogP contribution >= 0.6 is 11.6 Å². The molecule has 0 spiro atoms. The van der Waals surface area contributed by atoms with Gasteiger partial charge in [-0.25, -0.2) is 0 Å². The first kappa shape index (κ1) is 10.4. The van der Waals surface area contributed by atoms with E-state index in [4.69, 9.17) is 22.1 Å². The Morgan fingerprint density at radius 1 is 1.46 bits per heavy atom. The van der Waals surface area contributed by atoms with E-state index in [-0.39, 0.29) is 0 Å². The SMILES string of the molecule is COc1cc(Cl)cc(C(C)CN)c1. The zero-order valence-corrected chi connectivity index (χ0v) is 8.64. The molecule has 1 atom stereocenters. The number of halogens is 1. The topological polar surface area (TPSA) is 35.2 Å². The highest BCUT2D eigenvalue weighted by Gasteiger charge is 2.05. The predicted octanol–water partition coefficient (Wildman–Crippen LogP) is 2.41. The van der Waals surface area contributed by atoms with E-state index >= 15 is 0 Å². The van der Waals surface area contributed by atoms with Crippen molar-refractivity contribution in [3.63, 3.8) is 0 Å². The van der Waals surface area contributed by atoms with E-state index in [1.165, 1.54) is 0 Å². The maximum absolute atomic E-state index is 5.91. The van der Waals surface area contributed by atoms with Gasteiger partial charge >= 0.3 is 0 Å². The molecule has 0 radical (unpaired) electrons. The Hall–Kier alpha value is -0.730. The lowest BCUT2D eigenvalue weighted by Crippen LogP contribution is -2.08. The Bertz CT molecular complexity index is 288. The van der Waals surface area contributed by atoms with Crippen LogP contribution in [0.15, 0.2) is 18.2 Å². The van der Waals surface area contributed by atoms with E-state index in [1.54, 1.807) is 13.2 Å². The minimum absolute atomic E-state index is 0.313. The van der Waals surface area contributed by atoms with Crippen LogP contribution in [-0.4, -0.2) is 13.7 Å². The largest absolute Gasteiger partial charge is 0.497 e. The molecular formula is C10H14ClNO. The Labute approximate surface area is 83.6 Å². The van der Waals surface area contributed by atoms with Crippen LogP contribution in [0.2, 0.25) is 5.02 Å².